The maximum absolute atomic E-state index is 12.9. The fraction of sp³-hybridized carbons (Fsp3) is 0.333. The Balaban J connectivity index is 1.35. The van der Waals surface area contributed by atoms with E-state index >= 15 is 0 Å². The van der Waals surface area contributed by atoms with Crippen LogP contribution < -0.4 is 0 Å². The van der Waals surface area contributed by atoms with Crippen LogP contribution in [0.25, 0.3) is 5.69 Å². The minimum atomic E-state index is -0.375. The van der Waals surface area contributed by atoms with Crippen LogP contribution in [0.4, 0.5) is 0 Å². The molecule has 34 heavy (non-hydrogen) atoms. The van der Waals surface area contributed by atoms with Gasteiger partial charge in [-0.05, 0) is 36.2 Å². The summed E-state index contributed by atoms with van der Waals surface area (Å²) in [4.78, 5) is 27.3. The molecule has 0 spiro atoms. The number of ketones is 1. The molecule has 0 aliphatic carbocycles. The van der Waals surface area contributed by atoms with E-state index in [1.165, 1.54) is 0 Å². The summed E-state index contributed by atoms with van der Waals surface area (Å²) in [5.41, 5.74) is 1.99. The van der Waals surface area contributed by atoms with Crippen molar-refractivity contribution in [2.24, 2.45) is 5.92 Å². The van der Waals surface area contributed by atoms with Gasteiger partial charge >= 0.3 is 0 Å². The zero-order chi connectivity index (χ0) is 24.2. The Morgan fingerprint density at radius 1 is 1.15 bits per heavy atom. The first-order chi connectivity index (χ1) is 16.3. The van der Waals surface area contributed by atoms with Crippen LogP contribution in [0.2, 0.25) is 5.02 Å². The molecule has 2 heterocycles. The van der Waals surface area contributed by atoms with Crippen LogP contribution in [0.15, 0.2) is 57.6 Å². The van der Waals surface area contributed by atoms with Gasteiger partial charge in [-0.15, -0.1) is 5.10 Å². The van der Waals surface area contributed by atoms with Gasteiger partial charge in [0.1, 0.15) is 11.8 Å². The van der Waals surface area contributed by atoms with E-state index in [0.29, 0.717) is 54.5 Å². The smallest absolute Gasteiger partial charge is 0.223 e. The average molecular weight is 611 g/mol. The summed E-state index contributed by atoms with van der Waals surface area (Å²) < 4.78 is 9.27. The van der Waals surface area contributed by atoms with Crippen LogP contribution >= 0.6 is 43.5 Å². The number of Topliss-reactive ketones (excluding diaryl/α,β-unsaturated/α-hetero) is 1. The molecule has 1 aliphatic heterocycles. The number of carbonyl (C=O) groups is 2. The number of hydrogen-bond donors (Lipinski definition) is 0. The van der Waals surface area contributed by atoms with Gasteiger partial charge in [0.15, 0.2) is 5.78 Å². The lowest BCUT2D eigenvalue weighted by atomic mass is 9.96. The van der Waals surface area contributed by atoms with Gasteiger partial charge in [0, 0.05) is 33.9 Å². The van der Waals surface area contributed by atoms with Gasteiger partial charge < -0.3 is 9.64 Å². The van der Waals surface area contributed by atoms with E-state index in [1.807, 2.05) is 31.2 Å². The highest BCUT2D eigenvalue weighted by atomic mass is 79.9. The number of aromatic nitrogens is 3. The van der Waals surface area contributed by atoms with Crippen molar-refractivity contribution >= 4 is 55.2 Å². The monoisotopic (exact) mass is 608 g/mol. The molecule has 2 atom stereocenters. The van der Waals surface area contributed by atoms with E-state index in [-0.39, 0.29) is 23.7 Å². The molecule has 1 amide bonds. The van der Waals surface area contributed by atoms with Crippen LogP contribution in [0.3, 0.4) is 0 Å². The molecule has 1 saturated heterocycles. The number of amides is 1. The SMILES string of the molecule is CC(CC(=O)c1ccc(Br)cc1)CC(=O)N1CCOC(c2cn(-c3ccc(Br)cc3Cl)nn2)C1. The van der Waals surface area contributed by atoms with Crippen molar-refractivity contribution in [3.63, 3.8) is 0 Å². The van der Waals surface area contributed by atoms with E-state index < -0.39 is 0 Å². The molecule has 0 N–H and O–H groups in total. The van der Waals surface area contributed by atoms with Crippen molar-refractivity contribution in [3.05, 3.63) is 73.9 Å². The normalized spacial score (nSPS) is 16.9. The first-order valence-electron chi connectivity index (χ1n) is 10.9. The summed E-state index contributed by atoms with van der Waals surface area (Å²) in [5, 5.41) is 8.97. The Bertz CT molecular complexity index is 1190. The van der Waals surface area contributed by atoms with Gasteiger partial charge in [-0.3, -0.25) is 9.59 Å². The quantitative estimate of drug-likeness (QED) is 0.324. The summed E-state index contributed by atoms with van der Waals surface area (Å²) in [6, 6.07) is 12.8. The van der Waals surface area contributed by atoms with Crippen LogP contribution in [-0.4, -0.2) is 51.3 Å². The van der Waals surface area contributed by atoms with Crippen molar-refractivity contribution in [1.82, 2.24) is 19.9 Å². The average Bonchev–Trinajstić information content (AvgIpc) is 3.29. The van der Waals surface area contributed by atoms with Crippen LogP contribution in [0.5, 0.6) is 0 Å². The largest absolute Gasteiger partial charge is 0.368 e. The minimum Gasteiger partial charge on any atom is -0.368 e. The van der Waals surface area contributed by atoms with E-state index in [4.69, 9.17) is 16.3 Å². The Hall–Kier alpha value is -2.07. The fourth-order valence-corrected chi connectivity index (χ4v) is 4.86. The number of benzene rings is 2. The van der Waals surface area contributed by atoms with E-state index in [2.05, 4.69) is 42.2 Å². The van der Waals surface area contributed by atoms with Gasteiger partial charge in [0.25, 0.3) is 0 Å². The molecule has 0 bridgehead atoms. The lowest BCUT2D eigenvalue weighted by molar-refractivity contribution is -0.140. The second-order valence-electron chi connectivity index (χ2n) is 8.33. The summed E-state index contributed by atoms with van der Waals surface area (Å²) in [5.74, 6) is -0.0195. The molecule has 2 unspecified atom stereocenters. The van der Waals surface area contributed by atoms with E-state index in [0.717, 1.165) is 8.95 Å². The topological polar surface area (TPSA) is 77.3 Å². The molecule has 2 aromatic carbocycles. The first kappa shape index (κ1) is 25.0. The third-order valence-corrected chi connectivity index (χ3v) is 6.96. The summed E-state index contributed by atoms with van der Waals surface area (Å²) >= 11 is 13.1. The Morgan fingerprint density at radius 2 is 1.88 bits per heavy atom. The second kappa shape index (κ2) is 11.1. The zero-order valence-corrected chi connectivity index (χ0v) is 22.4. The van der Waals surface area contributed by atoms with Crippen LogP contribution in [-0.2, 0) is 9.53 Å². The van der Waals surface area contributed by atoms with Crippen LogP contribution in [0, 0.1) is 5.92 Å². The van der Waals surface area contributed by atoms with Crippen molar-refractivity contribution in [3.8, 4) is 5.69 Å². The molecular formula is C24H23Br2ClN4O3. The molecule has 0 radical (unpaired) electrons. The molecule has 0 saturated carbocycles. The lowest BCUT2D eigenvalue weighted by Gasteiger charge is -2.32. The maximum Gasteiger partial charge on any atom is 0.223 e. The van der Waals surface area contributed by atoms with Gasteiger partial charge in [-0.25, -0.2) is 4.68 Å². The summed E-state index contributed by atoms with van der Waals surface area (Å²) in [7, 11) is 0. The van der Waals surface area contributed by atoms with Crippen molar-refractivity contribution in [2.45, 2.75) is 25.9 Å². The minimum absolute atomic E-state index is 0.00718. The highest BCUT2D eigenvalue weighted by Crippen LogP contribution is 2.27. The Labute approximate surface area is 219 Å². The molecule has 4 rings (SSSR count). The molecule has 1 aromatic heterocycles. The number of hydrogen-bond acceptors (Lipinski definition) is 5. The molecule has 1 fully saturated rings. The Kier molecular flexibility index (Phi) is 8.18. The highest BCUT2D eigenvalue weighted by molar-refractivity contribution is 9.10. The number of rotatable bonds is 7. The van der Waals surface area contributed by atoms with E-state index in [9.17, 15) is 9.59 Å². The molecule has 1 aliphatic rings. The van der Waals surface area contributed by atoms with Gasteiger partial charge in [0.2, 0.25) is 5.91 Å². The van der Waals surface area contributed by atoms with Crippen LogP contribution in [0.1, 0.15) is 41.9 Å². The molecule has 178 valence electrons. The summed E-state index contributed by atoms with van der Waals surface area (Å²) in [6.45, 7) is 3.24. The second-order valence-corrected chi connectivity index (χ2v) is 10.6. The Morgan fingerprint density at radius 3 is 2.62 bits per heavy atom. The number of nitrogens with zero attached hydrogens (tertiary/aromatic N) is 4. The van der Waals surface area contributed by atoms with Gasteiger partial charge in [-0.2, -0.15) is 0 Å². The number of carbonyl (C=O) groups excluding carboxylic acids is 2. The molecule has 3 aromatic rings. The van der Waals surface area contributed by atoms with Crippen molar-refractivity contribution in [2.75, 3.05) is 19.7 Å². The third kappa shape index (κ3) is 6.13. The molecule has 10 heteroatoms. The predicted molar refractivity (Wildman–Crippen MR) is 136 cm³/mol. The number of ether oxygens (including phenoxy) is 1. The predicted octanol–water partition coefficient (Wildman–Crippen LogP) is 5.64. The standard InChI is InChI=1S/C24H23Br2ClN4O3/c1-15(10-22(32)16-2-4-17(25)5-3-16)11-24(33)30-8-9-34-23(14-30)20-13-31(29-28-20)21-7-6-18(26)12-19(21)27/h2-7,12-13,15,23H,8-11,14H2,1H3. The van der Waals surface area contributed by atoms with Crippen molar-refractivity contribution in [1.29, 1.82) is 0 Å². The van der Waals surface area contributed by atoms with Gasteiger partial charge in [-0.1, -0.05) is 67.7 Å². The third-order valence-electron chi connectivity index (χ3n) is 5.64. The number of morpholine rings is 1. The lowest BCUT2D eigenvalue weighted by Crippen LogP contribution is -2.42. The number of halogens is 3. The fourth-order valence-electron chi connectivity index (χ4n) is 3.83. The molecule has 7 nitrogen and oxygen atoms in total. The maximum atomic E-state index is 12.9. The summed E-state index contributed by atoms with van der Waals surface area (Å²) in [6.07, 6.45) is 2.02. The first-order valence-corrected chi connectivity index (χ1v) is 12.8. The van der Waals surface area contributed by atoms with Gasteiger partial charge in [0.05, 0.1) is 30.1 Å². The van der Waals surface area contributed by atoms with E-state index in [1.54, 1.807) is 34.0 Å². The van der Waals surface area contributed by atoms with Crippen molar-refractivity contribution < 1.29 is 14.3 Å². The highest BCUT2D eigenvalue weighted by Gasteiger charge is 2.28. The zero-order valence-electron chi connectivity index (χ0n) is 18.5. The molecular weight excluding hydrogens is 588 g/mol.